The number of anilines is 1. The van der Waals surface area contributed by atoms with E-state index in [0.29, 0.717) is 5.56 Å². The molecule has 6 atom stereocenters. The predicted octanol–water partition coefficient (Wildman–Crippen LogP) is 0.975. The molecule has 19 heteroatoms. The maximum Gasteiger partial charge on any atom is 0.490 e. The van der Waals surface area contributed by atoms with Crippen LogP contribution < -0.4 is 5.73 Å². The molecule has 3 heterocycles. The first-order valence-electron chi connectivity index (χ1n) is 8.66. The van der Waals surface area contributed by atoms with Gasteiger partial charge in [0.15, 0.2) is 11.4 Å². The third-order valence-corrected chi connectivity index (χ3v) is 8.63. The van der Waals surface area contributed by atoms with Crippen LogP contribution >= 0.6 is 23.5 Å². The molecule has 1 saturated heterocycles. The van der Waals surface area contributed by atoms with Gasteiger partial charge < -0.3 is 39.6 Å². The monoisotopic (exact) mass is 519 g/mol. The van der Waals surface area contributed by atoms with E-state index in [-0.39, 0.29) is 16.9 Å². The fraction of sp³-hybridized carbons (Fsp3) is 0.538. The normalized spacial score (nSPS) is 30.3. The second kappa shape index (κ2) is 8.51. The van der Waals surface area contributed by atoms with Gasteiger partial charge in [-0.3, -0.25) is 4.52 Å². The van der Waals surface area contributed by atoms with Gasteiger partial charge >= 0.3 is 23.5 Å². The van der Waals surface area contributed by atoms with Crippen LogP contribution in [-0.2, 0) is 31.6 Å². The molecule has 0 radical (unpaired) electrons. The maximum atomic E-state index is 11.9. The number of rotatable bonds is 8. The molecule has 7 N–H and O–H groups in total. The highest BCUT2D eigenvalue weighted by Gasteiger charge is 2.53. The fourth-order valence-electron chi connectivity index (χ4n) is 3.16. The van der Waals surface area contributed by atoms with Crippen LogP contribution in [0.5, 0.6) is 0 Å². The number of nitrogen functional groups attached to an aromatic ring is 1. The minimum Gasteiger partial charge on any atom is -0.458 e. The third-order valence-electron chi connectivity index (χ3n) is 4.83. The molecule has 0 bridgehead atoms. The topological polar surface area (TPSA) is 254 Å². The smallest absolute Gasteiger partial charge is 0.458 e. The number of fused-ring (bicyclic) bond motifs is 1. The lowest BCUT2D eigenvalue weighted by Gasteiger charge is -2.27. The van der Waals surface area contributed by atoms with Crippen molar-refractivity contribution in [1.29, 1.82) is 0 Å². The summed E-state index contributed by atoms with van der Waals surface area (Å²) in [5.41, 5.74) is 4.96. The van der Waals surface area contributed by atoms with Crippen molar-refractivity contribution in [2.75, 3.05) is 12.3 Å². The van der Waals surface area contributed by atoms with E-state index in [1.165, 1.54) is 19.5 Å². The molecule has 1 aliphatic heterocycles. The molecule has 3 rings (SSSR count). The first kappa shape index (κ1) is 25.4. The molecule has 16 nitrogen and oxygen atoms in total. The van der Waals surface area contributed by atoms with Gasteiger partial charge in [0.05, 0.1) is 24.6 Å². The molecule has 0 spiro atoms. The lowest BCUT2D eigenvalue weighted by atomic mass is 9.83. The molecule has 0 amide bonds. The van der Waals surface area contributed by atoms with Crippen molar-refractivity contribution >= 4 is 40.4 Å². The molecule has 0 aromatic carbocycles. The van der Waals surface area contributed by atoms with Gasteiger partial charge in [0.1, 0.15) is 17.9 Å². The number of phosphoric acid groups is 3. The third kappa shape index (κ3) is 5.45. The Morgan fingerprint density at radius 3 is 2.44 bits per heavy atom. The van der Waals surface area contributed by atoms with Crippen LogP contribution in [0.2, 0.25) is 0 Å². The van der Waals surface area contributed by atoms with E-state index in [0.717, 1.165) is 0 Å². The Hall–Kier alpha value is -1.25. The minimum absolute atomic E-state index is 0.0659. The number of furan rings is 1. The SMILES string of the molecule is C[C@@H]1[C@@H](COP(=O)(O)OP(=O)(O)OP(=O)(O)O)O[C@@H](c2coc3c(N)ncnc23)[C@]1(C)O. The molecule has 0 saturated carbocycles. The van der Waals surface area contributed by atoms with Crippen molar-refractivity contribution in [3.63, 3.8) is 0 Å². The van der Waals surface area contributed by atoms with Crippen molar-refractivity contribution in [3.8, 4) is 0 Å². The first-order valence-corrected chi connectivity index (χ1v) is 13.2. The predicted molar refractivity (Wildman–Crippen MR) is 103 cm³/mol. The summed E-state index contributed by atoms with van der Waals surface area (Å²) in [6, 6.07) is 0. The lowest BCUT2D eigenvalue weighted by molar-refractivity contribution is -0.0483. The van der Waals surface area contributed by atoms with E-state index >= 15 is 0 Å². The van der Waals surface area contributed by atoms with Crippen molar-refractivity contribution in [2.45, 2.75) is 31.7 Å². The van der Waals surface area contributed by atoms with Gasteiger partial charge in [-0.05, 0) is 6.92 Å². The summed E-state index contributed by atoms with van der Waals surface area (Å²) in [7, 11) is -16.5. The summed E-state index contributed by atoms with van der Waals surface area (Å²) in [5.74, 6) is -0.653. The Morgan fingerprint density at radius 2 is 1.81 bits per heavy atom. The average Bonchev–Trinajstić information content (AvgIpc) is 3.11. The summed E-state index contributed by atoms with van der Waals surface area (Å²) >= 11 is 0. The van der Waals surface area contributed by atoms with E-state index in [1.54, 1.807) is 6.92 Å². The average molecular weight is 519 g/mol. The number of hydrogen-bond acceptors (Lipinski definition) is 12. The molecule has 2 aromatic rings. The number of aromatic nitrogens is 2. The molecular formula is C13H20N3O13P3. The van der Waals surface area contributed by atoms with Gasteiger partial charge in [0.25, 0.3) is 0 Å². The van der Waals surface area contributed by atoms with Crippen molar-refractivity contribution in [1.82, 2.24) is 9.97 Å². The van der Waals surface area contributed by atoms with Gasteiger partial charge in [0, 0.05) is 11.5 Å². The molecule has 180 valence electrons. The summed E-state index contributed by atoms with van der Waals surface area (Å²) in [6.45, 7) is 2.28. The van der Waals surface area contributed by atoms with E-state index in [1.807, 2.05) is 0 Å². The lowest BCUT2D eigenvalue weighted by Crippen LogP contribution is -2.36. The second-order valence-corrected chi connectivity index (χ2v) is 11.5. The van der Waals surface area contributed by atoms with Crippen molar-refractivity contribution < 1.29 is 60.7 Å². The van der Waals surface area contributed by atoms with Crippen LogP contribution in [-0.4, -0.2) is 53.0 Å². The van der Waals surface area contributed by atoms with Gasteiger partial charge in [-0.1, -0.05) is 6.92 Å². The van der Waals surface area contributed by atoms with Crippen LogP contribution in [0, 0.1) is 5.92 Å². The molecule has 32 heavy (non-hydrogen) atoms. The number of phosphoric ester groups is 1. The largest absolute Gasteiger partial charge is 0.490 e. The van der Waals surface area contributed by atoms with E-state index in [4.69, 9.17) is 24.7 Å². The molecule has 1 fully saturated rings. The van der Waals surface area contributed by atoms with Gasteiger partial charge in [-0.2, -0.15) is 8.62 Å². The minimum atomic E-state index is -5.65. The van der Waals surface area contributed by atoms with Gasteiger partial charge in [-0.25, -0.2) is 23.7 Å². The highest BCUT2D eigenvalue weighted by atomic mass is 31.3. The van der Waals surface area contributed by atoms with Crippen LogP contribution in [0.1, 0.15) is 25.5 Å². The Bertz CT molecular complexity index is 1150. The van der Waals surface area contributed by atoms with Crippen molar-refractivity contribution in [2.24, 2.45) is 5.92 Å². The fourth-order valence-corrected chi connectivity index (χ4v) is 6.19. The Balaban J connectivity index is 1.74. The Morgan fingerprint density at radius 1 is 1.16 bits per heavy atom. The molecule has 2 unspecified atom stereocenters. The number of aliphatic hydroxyl groups is 1. The number of nitrogens with zero attached hydrogens (tertiary/aromatic N) is 2. The highest BCUT2D eigenvalue weighted by molar-refractivity contribution is 7.66. The quantitative estimate of drug-likeness (QED) is 0.266. The van der Waals surface area contributed by atoms with Gasteiger partial charge in [-0.15, -0.1) is 0 Å². The summed E-state index contributed by atoms with van der Waals surface area (Å²) < 4.78 is 57.1. The van der Waals surface area contributed by atoms with Crippen molar-refractivity contribution in [3.05, 3.63) is 18.2 Å². The van der Waals surface area contributed by atoms with Crippen LogP contribution in [0.25, 0.3) is 11.1 Å². The zero-order valence-electron chi connectivity index (χ0n) is 16.4. The molecule has 0 aliphatic carbocycles. The number of nitrogens with two attached hydrogens (primary N) is 1. The van der Waals surface area contributed by atoms with Crippen LogP contribution in [0.15, 0.2) is 17.0 Å². The van der Waals surface area contributed by atoms with Gasteiger partial charge in [0.2, 0.25) is 0 Å². The zero-order chi connectivity index (χ0) is 24.1. The van der Waals surface area contributed by atoms with E-state index in [9.17, 15) is 28.6 Å². The summed E-state index contributed by atoms with van der Waals surface area (Å²) in [4.78, 5) is 43.8. The number of ether oxygens (including phenoxy) is 1. The highest BCUT2D eigenvalue weighted by Crippen LogP contribution is 2.66. The summed E-state index contributed by atoms with van der Waals surface area (Å²) in [5, 5.41) is 11.0. The molecule has 1 aliphatic rings. The van der Waals surface area contributed by atoms with Crippen LogP contribution in [0.4, 0.5) is 5.82 Å². The standard InChI is InChI=1S/C13H20N3O13P3/c1-6-8(4-26-31(21,22)29-32(23,24)28-30(18,19)20)27-11(13(6,2)17)7-3-25-10-9(7)15-5-16-12(10)14/h3,5-6,8,11,17H,4H2,1-2H3,(H,21,22)(H,23,24)(H2,14,15,16)(H2,18,19,20)/t6-,8-,11+,13-/m1/s1. The van der Waals surface area contributed by atoms with Crippen LogP contribution in [0.3, 0.4) is 0 Å². The summed E-state index contributed by atoms with van der Waals surface area (Å²) in [6.07, 6.45) is 0.384. The first-order chi connectivity index (χ1) is 14.5. The molecular weight excluding hydrogens is 499 g/mol. The molecule has 2 aromatic heterocycles. The Labute approximate surface area is 179 Å². The Kier molecular flexibility index (Phi) is 6.75. The zero-order valence-corrected chi connectivity index (χ0v) is 19.1. The van der Waals surface area contributed by atoms with E-state index in [2.05, 4.69) is 23.1 Å². The second-order valence-electron chi connectivity index (χ2n) is 7.08. The number of hydrogen-bond donors (Lipinski definition) is 6. The maximum absolute atomic E-state index is 11.9. The van der Waals surface area contributed by atoms with E-state index < -0.39 is 53.8 Å².